The fourth-order valence-corrected chi connectivity index (χ4v) is 2.35. The van der Waals surface area contributed by atoms with Crippen molar-refractivity contribution in [2.45, 2.75) is 32.9 Å². The molecule has 0 bridgehead atoms. The first-order valence-corrected chi connectivity index (χ1v) is 7.28. The van der Waals surface area contributed by atoms with Crippen LogP contribution in [0.2, 0.25) is 10.0 Å². The first-order chi connectivity index (χ1) is 9.70. The largest absolute Gasteiger partial charge is 0.368 e. The average Bonchev–Trinajstić information content (AvgIpc) is 2.33. The molecule has 21 heavy (non-hydrogen) atoms. The van der Waals surface area contributed by atoms with E-state index in [9.17, 15) is 9.59 Å². The smallest absolute Gasteiger partial charge is 0.241 e. The van der Waals surface area contributed by atoms with E-state index >= 15 is 0 Å². The second-order valence-electron chi connectivity index (χ2n) is 5.16. The van der Waals surface area contributed by atoms with E-state index in [1.807, 2.05) is 13.8 Å². The summed E-state index contributed by atoms with van der Waals surface area (Å²) in [6.45, 7) is 5.35. The number of benzene rings is 1. The Labute approximate surface area is 134 Å². The van der Waals surface area contributed by atoms with Crippen LogP contribution in [-0.2, 0) is 9.59 Å². The minimum absolute atomic E-state index is 0.0154. The van der Waals surface area contributed by atoms with Crippen molar-refractivity contribution >= 4 is 40.7 Å². The van der Waals surface area contributed by atoms with Crippen molar-refractivity contribution in [3.8, 4) is 0 Å². The highest BCUT2D eigenvalue weighted by Gasteiger charge is 2.24. The molecule has 5 nitrogen and oxygen atoms in total. The van der Waals surface area contributed by atoms with E-state index in [0.29, 0.717) is 15.7 Å². The molecule has 2 amide bonds. The van der Waals surface area contributed by atoms with Gasteiger partial charge in [-0.3, -0.25) is 14.9 Å². The summed E-state index contributed by atoms with van der Waals surface area (Å²) in [7, 11) is 0. The van der Waals surface area contributed by atoms with Crippen LogP contribution in [0.3, 0.4) is 0 Å². The second kappa shape index (κ2) is 7.64. The number of carbonyl (C=O) groups is 2. The fourth-order valence-electron chi connectivity index (χ4n) is 1.82. The minimum atomic E-state index is -0.595. The molecular weight excluding hydrogens is 313 g/mol. The van der Waals surface area contributed by atoms with Crippen LogP contribution >= 0.6 is 23.2 Å². The van der Waals surface area contributed by atoms with Gasteiger partial charge in [-0.05, 0) is 31.0 Å². The summed E-state index contributed by atoms with van der Waals surface area (Å²) in [4.78, 5) is 23.4. The Kier molecular flexibility index (Phi) is 6.45. The Balaban J connectivity index is 2.72. The van der Waals surface area contributed by atoms with Crippen LogP contribution in [0.1, 0.15) is 20.8 Å². The Hall–Kier alpha value is -1.30. The normalized spacial score (nSPS) is 13.8. The highest BCUT2D eigenvalue weighted by molar-refractivity contribution is 6.35. The predicted molar refractivity (Wildman–Crippen MR) is 85.5 cm³/mol. The molecule has 7 heteroatoms. The van der Waals surface area contributed by atoms with Crippen molar-refractivity contribution in [1.29, 1.82) is 0 Å². The van der Waals surface area contributed by atoms with Gasteiger partial charge in [-0.15, -0.1) is 0 Å². The quantitative estimate of drug-likeness (QED) is 0.748. The van der Waals surface area contributed by atoms with Crippen molar-refractivity contribution in [1.82, 2.24) is 5.32 Å². The number of nitrogens with two attached hydrogens (primary N) is 1. The van der Waals surface area contributed by atoms with Gasteiger partial charge in [0.15, 0.2) is 0 Å². The maximum absolute atomic E-state index is 12.1. The standard InChI is InChI=1S/C14H19Cl2N3O2/c1-7(2)12(13(17)20)18-8(3)14(21)19-11-5-9(15)4-10(16)6-11/h4-8,12,18H,1-3H3,(H2,17,20)(H,19,21)/t8?,12-/m1/s1. The number of rotatable bonds is 6. The van der Waals surface area contributed by atoms with Crippen LogP contribution in [0.25, 0.3) is 0 Å². The number of anilines is 1. The number of nitrogens with one attached hydrogen (secondary N) is 2. The molecule has 0 aliphatic rings. The van der Waals surface area contributed by atoms with E-state index in [0.717, 1.165) is 0 Å². The zero-order valence-electron chi connectivity index (χ0n) is 12.1. The number of hydrogen-bond acceptors (Lipinski definition) is 3. The summed E-state index contributed by atoms with van der Waals surface area (Å²) in [5.41, 5.74) is 5.80. The molecule has 2 atom stereocenters. The third-order valence-electron chi connectivity index (χ3n) is 2.93. The van der Waals surface area contributed by atoms with Gasteiger partial charge in [0, 0.05) is 15.7 Å². The van der Waals surface area contributed by atoms with Crippen molar-refractivity contribution in [3.63, 3.8) is 0 Å². The van der Waals surface area contributed by atoms with E-state index in [1.165, 1.54) is 0 Å². The van der Waals surface area contributed by atoms with E-state index < -0.39 is 18.0 Å². The topological polar surface area (TPSA) is 84.2 Å². The molecule has 0 saturated heterocycles. The molecule has 0 saturated carbocycles. The molecule has 0 aromatic heterocycles. The van der Waals surface area contributed by atoms with Gasteiger partial charge >= 0.3 is 0 Å². The lowest BCUT2D eigenvalue weighted by atomic mass is 10.0. The SMILES string of the molecule is CC(N[C@@H](C(N)=O)C(C)C)C(=O)Nc1cc(Cl)cc(Cl)c1. The number of primary amides is 1. The Morgan fingerprint density at radius 2 is 1.62 bits per heavy atom. The van der Waals surface area contributed by atoms with Crippen LogP contribution in [0, 0.1) is 5.92 Å². The van der Waals surface area contributed by atoms with Gasteiger partial charge in [0.1, 0.15) is 0 Å². The van der Waals surface area contributed by atoms with E-state index in [1.54, 1.807) is 25.1 Å². The summed E-state index contributed by atoms with van der Waals surface area (Å²) in [5.74, 6) is -0.811. The Morgan fingerprint density at radius 1 is 1.10 bits per heavy atom. The molecule has 0 radical (unpaired) electrons. The van der Waals surface area contributed by atoms with Crippen molar-refractivity contribution in [3.05, 3.63) is 28.2 Å². The molecule has 0 aliphatic carbocycles. The maximum Gasteiger partial charge on any atom is 0.241 e. The Bertz CT molecular complexity index is 515. The summed E-state index contributed by atoms with van der Waals surface area (Å²) in [6, 6.07) is 3.58. The molecule has 116 valence electrons. The van der Waals surface area contributed by atoms with Crippen molar-refractivity contribution in [2.75, 3.05) is 5.32 Å². The maximum atomic E-state index is 12.1. The summed E-state index contributed by atoms with van der Waals surface area (Å²) < 4.78 is 0. The van der Waals surface area contributed by atoms with E-state index in [2.05, 4.69) is 10.6 Å². The molecule has 0 spiro atoms. The average molecular weight is 332 g/mol. The summed E-state index contributed by atoms with van der Waals surface area (Å²) >= 11 is 11.7. The highest BCUT2D eigenvalue weighted by Crippen LogP contribution is 2.22. The first kappa shape index (κ1) is 17.8. The zero-order chi connectivity index (χ0) is 16.2. The molecule has 4 N–H and O–H groups in total. The molecule has 0 heterocycles. The van der Waals surface area contributed by atoms with Gasteiger partial charge in [-0.2, -0.15) is 0 Å². The summed E-state index contributed by atoms with van der Waals surface area (Å²) in [6.07, 6.45) is 0. The molecule has 1 aromatic carbocycles. The van der Waals surface area contributed by atoms with Crippen LogP contribution in [0.4, 0.5) is 5.69 Å². The number of carbonyl (C=O) groups excluding carboxylic acids is 2. The third-order valence-corrected chi connectivity index (χ3v) is 3.36. The summed E-state index contributed by atoms with van der Waals surface area (Å²) in [5, 5.41) is 6.45. The fraction of sp³-hybridized carbons (Fsp3) is 0.429. The predicted octanol–water partition coefficient (Wildman–Crippen LogP) is 2.42. The van der Waals surface area contributed by atoms with Crippen LogP contribution in [-0.4, -0.2) is 23.9 Å². The van der Waals surface area contributed by atoms with Crippen LogP contribution in [0.5, 0.6) is 0 Å². The van der Waals surface area contributed by atoms with Gasteiger partial charge in [0.25, 0.3) is 0 Å². The molecule has 0 fully saturated rings. The first-order valence-electron chi connectivity index (χ1n) is 6.53. The van der Waals surface area contributed by atoms with E-state index in [4.69, 9.17) is 28.9 Å². The third kappa shape index (κ3) is 5.53. The van der Waals surface area contributed by atoms with Gasteiger partial charge in [-0.25, -0.2) is 0 Å². The van der Waals surface area contributed by atoms with Gasteiger partial charge < -0.3 is 11.1 Å². The number of halogens is 2. The minimum Gasteiger partial charge on any atom is -0.368 e. The number of amides is 2. The molecule has 0 aliphatic heterocycles. The van der Waals surface area contributed by atoms with Gasteiger partial charge in [-0.1, -0.05) is 37.0 Å². The van der Waals surface area contributed by atoms with Gasteiger partial charge in [0.05, 0.1) is 12.1 Å². The number of hydrogen-bond donors (Lipinski definition) is 3. The monoisotopic (exact) mass is 331 g/mol. The Morgan fingerprint density at radius 3 is 2.05 bits per heavy atom. The lowest BCUT2D eigenvalue weighted by Crippen LogP contribution is -2.52. The molecule has 1 unspecified atom stereocenters. The zero-order valence-corrected chi connectivity index (χ0v) is 13.6. The lowest BCUT2D eigenvalue weighted by molar-refractivity contribution is -0.122. The van der Waals surface area contributed by atoms with Crippen LogP contribution in [0.15, 0.2) is 18.2 Å². The highest BCUT2D eigenvalue weighted by atomic mass is 35.5. The van der Waals surface area contributed by atoms with Crippen molar-refractivity contribution in [2.24, 2.45) is 11.7 Å². The van der Waals surface area contributed by atoms with Gasteiger partial charge in [0.2, 0.25) is 11.8 Å². The molecular formula is C14H19Cl2N3O2. The van der Waals surface area contributed by atoms with Crippen LogP contribution < -0.4 is 16.4 Å². The van der Waals surface area contributed by atoms with E-state index in [-0.39, 0.29) is 11.8 Å². The molecule has 1 rings (SSSR count). The lowest BCUT2D eigenvalue weighted by Gasteiger charge is -2.23. The second-order valence-corrected chi connectivity index (χ2v) is 6.03. The molecule has 1 aromatic rings. The van der Waals surface area contributed by atoms with Crippen molar-refractivity contribution < 1.29 is 9.59 Å².